The lowest BCUT2D eigenvalue weighted by Crippen LogP contribution is -2.47. The SMILES string of the molecule is [18F]c1ccc(C(OCCN2CCN(CCCc3ccccc3)CC2)c2cccs2)cc1. The van der Waals surface area contributed by atoms with Crippen molar-refractivity contribution in [3.63, 3.8) is 0 Å². The molecular formula is C26H31FN2OS. The molecule has 0 bridgehead atoms. The van der Waals surface area contributed by atoms with Gasteiger partial charge in [-0.2, -0.15) is 0 Å². The van der Waals surface area contributed by atoms with E-state index in [1.165, 1.54) is 30.7 Å². The molecule has 3 nitrogen and oxygen atoms in total. The first-order chi connectivity index (χ1) is 15.3. The molecule has 1 aliphatic heterocycles. The van der Waals surface area contributed by atoms with Crippen molar-refractivity contribution in [1.29, 1.82) is 0 Å². The zero-order chi connectivity index (χ0) is 21.3. The molecule has 0 radical (unpaired) electrons. The average molecular weight is 438 g/mol. The second-order valence-electron chi connectivity index (χ2n) is 8.09. The Kier molecular flexibility index (Phi) is 8.24. The molecule has 1 aliphatic rings. The number of nitrogens with zero attached hydrogens (tertiary/aromatic N) is 2. The lowest BCUT2D eigenvalue weighted by atomic mass is 10.1. The third-order valence-corrected chi connectivity index (χ3v) is 6.83. The van der Waals surface area contributed by atoms with Crippen LogP contribution in [-0.4, -0.2) is 55.7 Å². The first kappa shape index (κ1) is 22.2. The zero-order valence-electron chi connectivity index (χ0n) is 18.0. The fourth-order valence-corrected chi connectivity index (χ4v) is 4.91. The Hall–Kier alpha value is -2.05. The van der Waals surface area contributed by atoms with E-state index in [-0.39, 0.29) is 11.9 Å². The largest absolute Gasteiger partial charge is 0.367 e. The predicted molar refractivity (Wildman–Crippen MR) is 126 cm³/mol. The molecule has 5 heteroatoms. The summed E-state index contributed by atoms with van der Waals surface area (Å²) < 4.78 is 19.6. The second kappa shape index (κ2) is 11.5. The maximum atomic E-state index is 13.3. The van der Waals surface area contributed by atoms with Crippen LogP contribution in [-0.2, 0) is 11.2 Å². The van der Waals surface area contributed by atoms with Gasteiger partial charge in [0, 0.05) is 37.6 Å². The van der Waals surface area contributed by atoms with Gasteiger partial charge in [-0.15, -0.1) is 11.3 Å². The van der Waals surface area contributed by atoms with Gasteiger partial charge >= 0.3 is 0 Å². The van der Waals surface area contributed by atoms with Crippen molar-refractivity contribution in [1.82, 2.24) is 9.80 Å². The Labute approximate surface area is 189 Å². The quantitative estimate of drug-likeness (QED) is 0.431. The summed E-state index contributed by atoms with van der Waals surface area (Å²) in [4.78, 5) is 6.23. The molecule has 2 aromatic carbocycles. The van der Waals surface area contributed by atoms with Crippen LogP contribution in [0.1, 0.15) is 28.5 Å². The molecule has 1 saturated heterocycles. The van der Waals surface area contributed by atoms with E-state index in [4.69, 9.17) is 4.74 Å². The first-order valence-electron chi connectivity index (χ1n) is 11.2. The molecule has 1 atom stereocenters. The molecule has 164 valence electrons. The summed E-state index contributed by atoms with van der Waals surface area (Å²) in [6, 6.07) is 21.6. The molecule has 31 heavy (non-hydrogen) atoms. The van der Waals surface area contributed by atoms with E-state index in [1.54, 1.807) is 11.3 Å². The van der Waals surface area contributed by atoms with Gasteiger partial charge in [0.05, 0.1) is 6.61 Å². The van der Waals surface area contributed by atoms with Crippen molar-refractivity contribution in [2.45, 2.75) is 18.9 Å². The van der Waals surface area contributed by atoms with Crippen LogP contribution in [0, 0.1) is 5.82 Å². The molecule has 1 aromatic heterocycles. The van der Waals surface area contributed by atoms with E-state index in [2.05, 4.69) is 51.6 Å². The van der Waals surface area contributed by atoms with Gasteiger partial charge in [0.1, 0.15) is 11.9 Å². The Morgan fingerprint density at radius 1 is 0.839 bits per heavy atom. The summed E-state index contributed by atoms with van der Waals surface area (Å²) in [5.74, 6) is -0.213. The standard InChI is InChI=1S/C26H31FN2OS/c27-24-12-10-23(11-13-24)26(25-9-5-21-31-25)30-20-19-29-17-15-28(16-18-29)14-4-8-22-6-2-1-3-7-22/h1-3,5-7,9-13,21,26H,4,8,14-20H2/i27-1. The van der Waals surface area contributed by atoms with Crippen molar-refractivity contribution in [3.05, 3.63) is 93.9 Å². The van der Waals surface area contributed by atoms with Crippen molar-refractivity contribution in [2.24, 2.45) is 0 Å². The molecule has 0 aliphatic carbocycles. The van der Waals surface area contributed by atoms with Gasteiger partial charge in [-0.05, 0) is 54.1 Å². The minimum Gasteiger partial charge on any atom is -0.367 e. The van der Waals surface area contributed by atoms with Crippen LogP contribution in [0.25, 0.3) is 0 Å². The van der Waals surface area contributed by atoms with Gasteiger partial charge < -0.3 is 9.64 Å². The van der Waals surface area contributed by atoms with Gasteiger partial charge in [-0.1, -0.05) is 48.5 Å². The summed E-state index contributed by atoms with van der Waals surface area (Å²) >= 11 is 1.68. The monoisotopic (exact) mass is 437 g/mol. The van der Waals surface area contributed by atoms with E-state index in [0.29, 0.717) is 6.61 Å². The first-order valence-corrected chi connectivity index (χ1v) is 12.0. The minimum atomic E-state index is -0.213. The molecule has 2 heterocycles. The van der Waals surface area contributed by atoms with Gasteiger partial charge in [0.25, 0.3) is 0 Å². The third-order valence-electron chi connectivity index (χ3n) is 5.91. The number of ether oxygens (including phenoxy) is 1. The summed E-state index contributed by atoms with van der Waals surface area (Å²) in [7, 11) is 0. The van der Waals surface area contributed by atoms with Crippen molar-refractivity contribution >= 4 is 11.3 Å². The van der Waals surface area contributed by atoms with Crippen LogP contribution in [0.4, 0.5) is 4.39 Å². The van der Waals surface area contributed by atoms with Crippen molar-refractivity contribution in [2.75, 3.05) is 45.9 Å². The lowest BCUT2D eigenvalue weighted by molar-refractivity contribution is 0.0466. The van der Waals surface area contributed by atoms with Crippen LogP contribution < -0.4 is 0 Å². The summed E-state index contributed by atoms with van der Waals surface area (Å²) in [5.41, 5.74) is 2.44. The van der Waals surface area contributed by atoms with Crippen LogP contribution in [0.3, 0.4) is 0 Å². The number of aryl methyl sites for hydroxylation is 1. The molecule has 0 saturated carbocycles. The smallest absolute Gasteiger partial charge is 0.123 e. The molecule has 1 fully saturated rings. The van der Waals surface area contributed by atoms with E-state index >= 15 is 0 Å². The van der Waals surface area contributed by atoms with Crippen molar-refractivity contribution < 1.29 is 9.13 Å². The lowest BCUT2D eigenvalue weighted by Gasteiger charge is -2.34. The normalized spacial score (nSPS) is 16.4. The third kappa shape index (κ3) is 6.71. The second-order valence-corrected chi connectivity index (χ2v) is 9.07. The predicted octanol–water partition coefficient (Wildman–Crippen LogP) is 5.24. The number of rotatable bonds is 10. The minimum absolute atomic E-state index is 0.125. The maximum absolute atomic E-state index is 13.3. The Morgan fingerprint density at radius 2 is 1.55 bits per heavy atom. The van der Waals surface area contributed by atoms with E-state index in [9.17, 15) is 4.39 Å². The molecule has 4 rings (SSSR count). The van der Waals surface area contributed by atoms with Gasteiger partial charge in [-0.3, -0.25) is 4.90 Å². The van der Waals surface area contributed by atoms with Crippen LogP contribution in [0.2, 0.25) is 0 Å². The van der Waals surface area contributed by atoms with Gasteiger partial charge in [0.15, 0.2) is 0 Å². The fraction of sp³-hybridized carbons (Fsp3) is 0.385. The molecule has 0 N–H and O–H groups in total. The highest BCUT2D eigenvalue weighted by atomic mass is 32.1. The summed E-state index contributed by atoms with van der Waals surface area (Å²) in [6.45, 7) is 7.21. The number of hydrogen-bond acceptors (Lipinski definition) is 4. The Balaban J connectivity index is 1.18. The molecule has 0 amide bonds. The molecule has 1 unspecified atom stereocenters. The fourth-order valence-electron chi connectivity index (χ4n) is 4.11. The van der Waals surface area contributed by atoms with E-state index in [1.807, 2.05) is 18.2 Å². The number of benzene rings is 2. The van der Waals surface area contributed by atoms with Crippen LogP contribution in [0.5, 0.6) is 0 Å². The number of hydrogen-bond donors (Lipinski definition) is 0. The highest BCUT2D eigenvalue weighted by Crippen LogP contribution is 2.29. The number of thiophene rings is 1. The Morgan fingerprint density at radius 3 is 2.23 bits per heavy atom. The highest BCUT2D eigenvalue weighted by Gasteiger charge is 2.19. The number of halogens is 1. The Bertz CT molecular complexity index is 878. The van der Waals surface area contributed by atoms with Crippen LogP contribution in [0.15, 0.2) is 72.1 Å². The zero-order valence-corrected chi connectivity index (χ0v) is 18.8. The maximum Gasteiger partial charge on any atom is 0.123 e. The molecule has 0 spiro atoms. The van der Waals surface area contributed by atoms with Crippen molar-refractivity contribution in [3.8, 4) is 0 Å². The van der Waals surface area contributed by atoms with Gasteiger partial charge in [0.2, 0.25) is 0 Å². The topological polar surface area (TPSA) is 15.7 Å². The van der Waals surface area contributed by atoms with Crippen LogP contribution >= 0.6 is 11.3 Å². The molecular weight excluding hydrogens is 406 g/mol. The van der Waals surface area contributed by atoms with E-state index < -0.39 is 0 Å². The van der Waals surface area contributed by atoms with E-state index in [0.717, 1.165) is 49.6 Å². The van der Waals surface area contributed by atoms with Gasteiger partial charge in [-0.25, -0.2) is 4.39 Å². The highest BCUT2D eigenvalue weighted by molar-refractivity contribution is 7.10. The average Bonchev–Trinajstić information content (AvgIpc) is 3.34. The summed E-state index contributed by atoms with van der Waals surface area (Å²) in [5, 5.41) is 2.06. The molecule has 3 aromatic rings. The number of piperazine rings is 1. The summed E-state index contributed by atoms with van der Waals surface area (Å²) in [6.07, 6.45) is 2.25.